The topological polar surface area (TPSA) is 35.2 Å². The Labute approximate surface area is 155 Å². The van der Waals surface area contributed by atoms with E-state index in [0.717, 1.165) is 30.7 Å². The van der Waals surface area contributed by atoms with Crippen molar-refractivity contribution in [2.24, 2.45) is 5.73 Å². The van der Waals surface area contributed by atoms with Crippen LogP contribution in [0.15, 0.2) is 60.7 Å². The van der Waals surface area contributed by atoms with E-state index in [9.17, 15) is 0 Å². The van der Waals surface area contributed by atoms with Gasteiger partial charge in [-0.2, -0.15) is 0 Å². The molecule has 1 aliphatic rings. The van der Waals surface area contributed by atoms with Gasteiger partial charge in [-0.15, -0.1) is 0 Å². The molecule has 0 unspecified atom stereocenters. The average Bonchev–Trinajstić information content (AvgIpc) is 2.67. The fourth-order valence-corrected chi connectivity index (χ4v) is 4.06. The van der Waals surface area contributed by atoms with Crippen LogP contribution in [0.1, 0.15) is 36.8 Å². The van der Waals surface area contributed by atoms with Crippen LogP contribution < -0.4 is 5.73 Å². The molecule has 3 rings (SSSR count). The number of nitrogens with two attached hydrogens (primary N) is 1. The van der Waals surface area contributed by atoms with Gasteiger partial charge >= 0.3 is 0 Å². The molecule has 2 aromatic carbocycles. The minimum atomic E-state index is -0.00190. The SMILES string of the molecule is NCC1(c2ccccc2Cl)CCC(OCC=Cc2ccccc2)CC1. The smallest absolute Gasteiger partial charge is 0.0654 e. The average molecular weight is 356 g/mol. The van der Waals surface area contributed by atoms with Crippen molar-refractivity contribution >= 4 is 17.7 Å². The first-order chi connectivity index (χ1) is 12.2. The molecule has 0 aliphatic heterocycles. The van der Waals surface area contributed by atoms with Crippen molar-refractivity contribution in [3.63, 3.8) is 0 Å². The first-order valence-electron chi connectivity index (χ1n) is 9.02. The van der Waals surface area contributed by atoms with Crippen molar-refractivity contribution in [2.75, 3.05) is 13.2 Å². The zero-order valence-corrected chi connectivity index (χ0v) is 15.3. The number of benzene rings is 2. The molecule has 132 valence electrons. The molecular formula is C22H26ClNO. The third kappa shape index (κ3) is 4.52. The summed E-state index contributed by atoms with van der Waals surface area (Å²) in [5, 5.41) is 0.832. The van der Waals surface area contributed by atoms with Crippen LogP contribution in [0.5, 0.6) is 0 Å². The minimum absolute atomic E-state index is 0.00190. The second-order valence-electron chi connectivity index (χ2n) is 6.81. The van der Waals surface area contributed by atoms with Crippen LogP contribution in [0.4, 0.5) is 0 Å². The van der Waals surface area contributed by atoms with E-state index in [0.29, 0.717) is 19.3 Å². The van der Waals surface area contributed by atoms with Crippen LogP contribution in [0.2, 0.25) is 5.02 Å². The Morgan fingerprint density at radius 2 is 1.72 bits per heavy atom. The highest BCUT2D eigenvalue weighted by molar-refractivity contribution is 6.31. The minimum Gasteiger partial charge on any atom is -0.374 e. The van der Waals surface area contributed by atoms with Crippen molar-refractivity contribution in [3.05, 3.63) is 76.8 Å². The predicted molar refractivity (Wildman–Crippen MR) is 106 cm³/mol. The predicted octanol–water partition coefficient (Wildman–Crippen LogP) is 5.21. The first-order valence-corrected chi connectivity index (χ1v) is 9.40. The molecule has 25 heavy (non-hydrogen) atoms. The molecule has 0 bridgehead atoms. The summed E-state index contributed by atoms with van der Waals surface area (Å²) in [6.07, 6.45) is 8.62. The monoisotopic (exact) mass is 355 g/mol. The van der Waals surface area contributed by atoms with Crippen LogP contribution in [0.3, 0.4) is 0 Å². The Bertz CT molecular complexity index is 690. The molecule has 0 aromatic heterocycles. The number of hydrogen-bond acceptors (Lipinski definition) is 2. The van der Waals surface area contributed by atoms with E-state index in [4.69, 9.17) is 22.1 Å². The van der Waals surface area contributed by atoms with E-state index >= 15 is 0 Å². The second kappa shape index (κ2) is 8.66. The fraction of sp³-hybridized carbons (Fsp3) is 0.364. The Kier molecular flexibility index (Phi) is 6.30. The van der Waals surface area contributed by atoms with Gasteiger partial charge in [0.15, 0.2) is 0 Å². The van der Waals surface area contributed by atoms with Gasteiger partial charge in [-0.05, 0) is 42.9 Å². The lowest BCUT2D eigenvalue weighted by Crippen LogP contribution is -2.41. The molecule has 2 nitrogen and oxygen atoms in total. The zero-order chi connectivity index (χ0) is 17.5. The largest absolute Gasteiger partial charge is 0.374 e. The third-order valence-corrected chi connectivity index (χ3v) is 5.59. The maximum Gasteiger partial charge on any atom is 0.0654 e. The second-order valence-corrected chi connectivity index (χ2v) is 7.22. The molecular weight excluding hydrogens is 330 g/mol. The first kappa shape index (κ1) is 18.2. The third-order valence-electron chi connectivity index (χ3n) is 5.26. The number of rotatable bonds is 6. The van der Waals surface area contributed by atoms with Crippen molar-refractivity contribution < 1.29 is 4.74 Å². The molecule has 0 radical (unpaired) electrons. The molecule has 3 heteroatoms. The fourth-order valence-electron chi connectivity index (χ4n) is 3.73. The van der Waals surface area contributed by atoms with E-state index in [1.54, 1.807) is 0 Å². The highest BCUT2D eigenvalue weighted by Crippen LogP contribution is 2.42. The number of hydrogen-bond donors (Lipinski definition) is 1. The van der Waals surface area contributed by atoms with Crippen LogP contribution >= 0.6 is 11.6 Å². The van der Waals surface area contributed by atoms with Gasteiger partial charge in [-0.3, -0.25) is 0 Å². The summed E-state index contributed by atoms with van der Waals surface area (Å²) in [6, 6.07) is 18.4. The van der Waals surface area contributed by atoms with Crippen LogP contribution in [-0.2, 0) is 10.2 Å². The van der Waals surface area contributed by atoms with E-state index in [-0.39, 0.29) is 5.41 Å². The van der Waals surface area contributed by atoms with Crippen LogP contribution in [-0.4, -0.2) is 19.3 Å². The highest BCUT2D eigenvalue weighted by Gasteiger charge is 2.37. The summed E-state index contributed by atoms with van der Waals surface area (Å²) >= 11 is 6.43. The Morgan fingerprint density at radius 3 is 2.40 bits per heavy atom. The molecule has 1 aliphatic carbocycles. The molecule has 0 heterocycles. The normalized spacial score (nSPS) is 23.8. The molecule has 0 spiro atoms. The summed E-state index contributed by atoms with van der Waals surface area (Å²) in [6.45, 7) is 1.29. The van der Waals surface area contributed by atoms with Gasteiger partial charge < -0.3 is 10.5 Å². The summed E-state index contributed by atoms with van der Waals surface area (Å²) in [5.41, 5.74) is 8.56. The quantitative estimate of drug-likeness (QED) is 0.772. The van der Waals surface area contributed by atoms with Gasteiger partial charge in [-0.1, -0.05) is 72.3 Å². The standard InChI is InChI=1S/C22H26ClNO/c23-21-11-5-4-10-20(21)22(17-24)14-12-19(13-15-22)25-16-6-9-18-7-2-1-3-8-18/h1-11,19H,12-17,24H2. The summed E-state index contributed by atoms with van der Waals surface area (Å²) in [5.74, 6) is 0. The highest BCUT2D eigenvalue weighted by atomic mass is 35.5. The van der Waals surface area contributed by atoms with Gasteiger partial charge in [0.05, 0.1) is 12.7 Å². The molecule has 1 fully saturated rings. The lowest BCUT2D eigenvalue weighted by molar-refractivity contribution is 0.0290. The summed E-state index contributed by atoms with van der Waals surface area (Å²) < 4.78 is 6.05. The van der Waals surface area contributed by atoms with Gasteiger partial charge in [0.25, 0.3) is 0 Å². The maximum atomic E-state index is 6.43. The van der Waals surface area contributed by atoms with E-state index in [1.165, 1.54) is 11.1 Å². The van der Waals surface area contributed by atoms with Crippen molar-refractivity contribution in [2.45, 2.75) is 37.2 Å². The number of halogens is 1. The Hall–Kier alpha value is -1.61. The van der Waals surface area contributed by atoms with E-state index in [1.807, 2.05) is 30.3 Å². The number of ether oxygens (including phenoxy) is 1. The van der Waals surface area contributed by atoms with Crippen molar-refractivity contribution in [1.82, 2.24) is 0 Å². The van der Waals surface area contributed by atoms with Crippen molar-refractivity contribution in [1.29, 1.82) is 0 Å². The molecule has 0 atom stereocenters. The van der Waals surface area contributed by atoms with Gasteiger partial charge in [0.2, 0.25) is 0 Å². The van der Waals surface area contributed by atoms with E-state index < -0.39 is 0 Å². The van der Waals surface area contributed by atoms with Crippen molar-refractivity contribution in [3.8, 4) is 0 Å². The molecule has 0 saturated heterocycles. The zero-order valence-electron chi connectivity index (χ0n) is 14.5. The van der Waals surface area contributed by atoms with Gasteiger partial charge in [0.1, 0.15) is 0 Å². The maximum absolute atomic E-state index is 6.43. The lowest BCUT2D eigenvalue weighted by atomic mass is 9.68. The lowest BCUT2D eigenvalue weighted by Gasteiger charge is -2.40. The van der Waals surface area contributed by atoms with Crippen LogP contribution in [0.25, 0.3) is 6.08 Å². The summed E-state index contributed by atoms with van der Waals surface area (Å²) in [4.78, 5) is 0. The van der Waals surface area contributed by atoms with E-state index in [2.05, 4.69) is 36.4 Å². The molecule has 2 N–H and O–H groups in total. The molecule has 2 aromatic rings. The van der Waals surface area contributed by atoms with Gasteiger partial charge in [-0.25, -0.2) is 0 Å². The Balaban J connectivity index is 1.53. The summed E-state index contributed by atoms with van der Waals surface area (Å²) in [7, 11) is 0. The Morgan fingerprint density at radius 1 is 1.04 bits per heavy atom. The molecule has 1 saturated carbocycles. The van der Waals surface area contributed by atoms with Gasteiger partial charge in [0, 0.05) is 17.0 Å². The van der Waals surface area contributed by atoms with Crippen LogP contribution in [0, 0.1) is 0 Å². The molecule has 0 amide bonds.